The van der Waals surface area contributed by atoms with Crippen LogP contribution in [0.2, 0.25) is 0 Å². The molecule has 1 aliphatic rings. The molecule has 4 rings (SSSR count). The third kappa shape index (κ3) is 4.90. The molecule has 0 unspecified atom stereocenters. The quantitative estimate of drug-likeness (QED) is 0.721. The highest BCUT2D eigenvalue weighted by atomic mass is 19.1. The molecule has 1 N–H and O–H groups in total. The average Bonchev–Trinajstić information content (AvgIpc) is 2.76. The number of amides is 1. The number of benzene rings is 2. The third-order valence-electron chi connectivity index (χ3n) is 5.03. The lowest BCUT2D eigenvalue weighted by atomic mass is 10.1. The second kappa shape index (κ2) is 8.73. The zero-order valence-corrected chi connectivity index (χ0v) is 16.1. The first-order chi connectivity index (χ1) is 14.2. The minimum atomic E-state index is -0.215. The Morgan fingerprint density at radius 3 is 2.24 bits per heavy atom. The number of piperazine rings is 1. The summed E-state index contributed by atoms with van der Waals surface area (Å²) in [6.45, 7) is 3.37. The largest absolute Gasteiger partial charge is 0.368 e. The molecule has 0 atom stereocenters. The van der Waals surface area contributed by atoms with Crippen LogP contribution < -0.4 is 15.1 Å². The summed E-state index contributed by atoms with van der Waals surface area (Å²) in [4.78, 5) is 21.2. The fraction of sp³-hybridized carbons (Fsp3) is 0.217. The van der Waals surface area contributed by atoms with E-state index in [1.807, 2.05) is 54.6 Å². The van der Waals surface area contributed by atoms with E-state index in [2.05, 4.69) is 20.1 Å². The predicted molar refractivity (Wildman–Crippen MR) is 114 cm³/mol. The lowest BCUT2D eigenvalue weighted by Crippen LogP contribution is -2.46. The van der Waals surface area contributed by atoms with E-state index < -0.39 is 0 Å². The van der Waals surface area contributed by atoms with Gasteiger partial charge in [0.25, 0.3) is 0 Å². The molecular formula is C23H23FN4O. The highest BCUT2D eigenvalue weighted by Gasteiger charge is 2.18. The summed E-state index contributed by atoms with van der Waals surface area (Å²) >= 11 is 0. The molecule has 2 aromatic carbocycles. The average molecular weight is 390 g/mol. The van der Waals surface area contributed by atoms with Gasteiger partial charge in [0.05, 0.1) is 18.3 Å². The maximum Gasteiger partial charge on any atom is 0.228 e. The topological polar surface area (TPSA) is 48.5 Å². The molecule has 1 amide bonds. The summed E-state index contributed by atoms with van der Waals surface area (Å²) in [6, 6.07) is 20.1. The Morgan fingerprint density at radius 1 is 0.897 bits per heavy atom. The maximum absolute atomic E-state index is 13.1. The molecule has 0 bridgehead atoms. The Morgan fingerprint density at radius 2 is 1.59 bits per heavy atom. The summed E-state index contributed by atoms with van der Waals surface area (Å²) in [5.41, 5.74) is 2.71. The van der Waals surface area contributed by atoms with E-state index >= 15 is 0 Å². The minimum absolute atomic E-state index is 0.0568. The highest BCUT2D eigenvalue weighted by Crippen LogP contribution is 2.20. The molecule has 148 valence electrons. The number of hydrogen-bond acceptors (Lipinski definition) is 4. The van der Waals surface area contributed by atoms with Crippen LogP contribution in [0.15, 0.2) is 72.9 Å². The van der Waals surface area contributed by atoms with Gasteiger partial charge in [-0.15, -0.1) is 0 Å². The molecule has 1 saturated heterocycles. The van der Waals surface area contributed by atoms with Crippen LogP contribution in [-0.4, -0.2) is 37.1 Å². The molecule has 0 aliphatic carbocycles. The van der Waals surface area contributed by atoms with Gasteiger partial charge in [-0.2, -0.15) is 0 Å². The fourth-order valence-corrected chi connectivity index (χ4v) is 3.48. The van der Waals surface area contributed by atoms with Crippen molar-refractivity contribution in [3.63, 3.8) is 0 Å². The number of carbonyl (C=O) groups excluding carboxylic acids is 1. The van der Waals surface area contributed by atoms with Gasteiger partial charge in [-0.25, -0.2) is 9.37 Å². The van der Waals surface area contributed by atoms with Gasteiger partial charge in [0.15, 0.2) is 0 Å². The lowest BCUT2D eigenvalue weighted by molar-refractivity contribution is -0.115. The van der Waals surface area contributed by atoms with Crippen LogP contribution in [0, 0.1) is 5.82 Å². The van der Waals surface area contributed by atoms with Crippen molar-refractivity contribution in [2.75, 3.05) is 41.3 Å². The standard InChI is InChI=1S/C23H23FN4O/c24-19-6-9-21(10-7-19)27-12-14-28(15-13-27)22-11-8-20(17-25-22)26-23(29)16-18-4-2-1-3-5-18/h1-11,17H,12-16H2,(H,26,29). The van der Waals surface area contributed by atoms with Gasteiger partial charge in [0, 0.05) is 31.9 Å². The van der Waals surface area contributed by atoms with Gasteiger partial charge in [-0.1, -0.05) is 30.3 Å². The molecular weight excluding hydrogens is 367 g/mol. The van der Waals surface area contributed by atoms with Gasteiger partial charge in [-0.3, -0.25) is 4.79 Å². The van der Waals surface area contributed by atoms with Crippen molar-refractivity contribution in [1.82, 2.24) is 4.98 Å². The van der Waals surface area contributed by atoms with Crippen molar-refractivity contribution >= 4 is 23.1 Å². The van der Waals surface area contributed by atoms with E-state index in [0.29, 0.717) is 12.1 Å². The molecule has 29 heavy (non-hydrogen) atoms. The van der Waals surface area contributed by atoms with E-state index in [0.717, 1.165) is 43.2 Å². The molecule has 0 saturated carbocycles. The molecule has 1 fully saturated rings. The van der Waals surface area contributed by atoms with Crippen molar-refractivity contribution in [3.8, 4) is 0 Å². The predicted octanol–water partition coefficient (Wildman–Crippen LogP) is 3.73. The summed E-state index contributed by atoms with van der Waals surface area (Å²) in [7, 11) is 0. The van der Waals surface area contributed by atoms with Crippen molar-refractivity contribution in [2.24, 2.45) is 0 Å². The number of pyridine rings is 1. The number of carbonyl (C=O) groups is 1. The van der Waals surface area contributed by atoms with E-state index in [1.54, 1.807) is 6.20 Å². The number of halogens is 1. The monoisotopic (exact) mass is 390 g/mol. The van der Waals surface area contributed by atoms with Crippen LogP contribution in [-0.2, 0) is 11.2 Å². The highest BCUT2D eigenvalue weighted by molar-refractivity contribution is 5.92. The zero-order valence-electron chi connectivity index (χ0n) is 16.1. The Hall–Kier alpha value is -3.41. The van der Waals surface area contributed by atoms with Gasteiger partial charge < -0.3 is 15.1 Å². The van der Waals surface area contributed by atoms with Crippen LogP contribution >= 0.6 is 0 Å². The van der Waals surface area contributed by atoms with Gasteiger partial charge in [-0.05, 0) is 42.0 Å². The molecule has 5 nitrogen and oxygen atoms in total. The van der Waals surface area contributed by atoms with Crippen molar-refractivity contribution in [3.05, 3.63) is 84.3 Å². The van der Waals surface area contributed by atoms with Crippen LogP contribution in [0.1, 0.15) is 5.56 Å². The first kappa shape index (κ1) is 18.9. The van der Waals surface area contributed by atoms with E-state index in [4.69, 9.17) is 0 Å². The second-order valence-corrected chi connectivity index (χ2v) is 7.07. The van der Waals surface area contributed by atoms with Crippen LogP contribution in [0.25, 0.3) is 0 Å². The maximum atomic E-state index is 13.1. The Bertz CT molecular complexity index is 937. The molecule has 0 spiro atoms. The molecule has 1 aliphatic heterocycles. The van der Waals surface area contributed by atoms with Crippen molar-refractivity contribution in [1.29, 1.82) is 0 Å². The number of anilines is 3. The normalized spacial score (nSPS) is 14.0. The number of aromatic nitrogens is 1. The molecule has 2 heterocycles. The number of rotatable bonds is 5. The van der Waals surface area contributed by atoms with Crippen LogP contribution in [0.4, 0.5) is 21.6 Å². The van der Waals surface area contributed by atoms with Crippen molar-refractivity contribution < 1.29 is 9.18 Å². The first-order valence-electron chi connectivity index (χ1n) is 9.73. The van der Waals surface area contributed by atoms with Crippen molar-refractivity contribution in [2.45, 2.75) is 6.42 Å². The first-order valence-corrected chi connectivity index (χ1v) is 9.73. The zero-order chi connectivity index (χ0) is 20.1. The number of nitrogens with zero attached hydrogens (tertiary/aromatic N) is 3. The number of nitrogens with one attached hydrogen (secondary N) is 1. The summed E-state index contributed by atoms with van der Waals surface area (Å²) in [6.07, 6.45) is 2.04. The SMILES string of the molecule is O=C(Cc1ccccc1)Nc1ccc(N2CCN(c3ccc(F)cc3)CC2)nc1. The fourth-order valence-electron chi connectivity index (χ4n) is 3.48. The van der Waals surface area contributed by atoms with Gasteiger partial charge >= 0.3 is 0 Å². The summed E-state index contributed by atoms with van der Waals surface area (Å²) in [5.74, 6) is 0.621. The van der Waals surface area contributed by atoms with Crippen LogP contribution in [0.5, 0.6) is 0 Å². The Labute approximate surface area is 169 Å². The minimum Gasteiger partial charge on any atom is -0.368 e. The molecule has 0 radical (unpaired) electrons. The van der Waals surface area contributed by atoms with Gasteiger partial charge in [0.1, 0.15) is 11.6 Å². The second-order valence-electron chi connectivity index (χ2n) is 7.07. The van der Waals surface area contributed by atoms with E-state index in [9.17, 15) is 9.18 Å². The molecule has 6 heteroatoms. The molecule has 1 aromatic heterocycles. The smallest absolute Gasteiger partial charge is 0.228 e. The Kier molecular flexibility index (Phi) is 5.70. The van der Waals surface area contributed by atoms with E-state index in [1.165, 1.54) is 12.1 Å². The number of hydrogen-bond donors (Lipinski definition) is 1. The van der Waals surface area contributed by atoms with Crippen LogP contribution in [0.3, 0.4) is 0 Å². The van der Waals surface area contributed by atoms with Gasteiger partial charge in [0.2, 0.25) is 5.91 Å². The van der Waals surface area contributed by atoms with E-state index in [-0.39, 0.29) is 11.7 Å². The third-order valence-corrected chi connectivity index (χ3v) is 5.03. The summed E-state index contributed by atoms with van der Waals surface area (Å²) < 4.78 is 13.1. The summed E-state index contributed by atoms with van der Waals surface area (Å²) in [5, 5.41) is 2.89. The Balaban J connectivity index is 1.30. The molecule has 3 aromatic rings. The lowest BCUT2D eigenvalue weighted by Gasteiger charge is -2.36.